The molecule has 1 heterocycles. The van der Waals surface area contributed by atoms with Gasteiger partial charge in [-0.15, -0.1) is 0 Å². The van der Waals surface area contributed by atoms with Gasteiger partial charge < -0.3 is 10.4 Å². The quantitative estimate of drug-likeness (QED) is 0.708. The molecule has 1 saturated carbocycles. The highest BCUT2D eigenvalue weighted by atomic mass is 16.3. The zero-order valence-electron chi connectivity index (χ0n) is 15.0. The fraction of sp³-hybridized carbons (Fsp3) is 0.947. The summed E-state index contributed by atoms with van der Waals surface area (Å²) in [6.07, 6.45) is 8.71. The first kappa shape index (κ1) is 18.7. The lowest BCUT2D eigenvalue weighted by Crippen LogP contribution is -2.50. The predicted molar refractivity (Wildman–Crippen MR) is 94.0 cm³/mol. The van der Waals surface area contributed by atoms with E-state index in [0.29, 0.717) is 24.4 Å². The third kappa shape index (κ3) is 6.41. The van der Waals surface area contributed by atoms with Gasteiger partial charge in [-0.3, -0.25) is 4.90 Å². The number of rotatable bonds is 7. The van der Waals surface area contributed by atoms with Gasteiger partial charge in [-0.25, -0.2) is 0 Å². The topological polar surface area (TPSA) is 59.3 Å². The molecule has 0 bridgehead atoms. The Labute approximate surface area is 142 Å². The Hall–Kier alpha value is -0.630. The van der Waals surface area contributed by atoms with Crippen molar-refractivity contribution in [3.8, 4) is 6.07 Å². The van der Waals surface area contributed by atoms with Crippen molar-refractivity contribution in [2.45, 2.75) is 70.9 Å². The standard InChI is InChI=1S/C19H35N3O/c1-15(2)19(23)11-17-10-18(14-22(13-17)9-8-20)21-12-16-6-4-3-5-7-16/h15-19,21,23H,3-7,9-14H2,1-2H3. The molecule has 2 N–H and O–H groups in total. The van der Waals surface area contributed by atoms with Gasteiger partial charge in [0.25, 0.3) is 0 Å². The Bertz CT molecular complexity index is 373. The molecule has 132 valence electrons. The van der Waals surface area contributed by atoms with Crippen molar-refractivity contribution in [1.29, 1.82) is 5.26 Å². The van der Waals surface area contributed by atoms with Gasteiger partial charge in [-0.05, 0) is 50.0 Å². The van der Waals surface area contributed by atoms with Crippen molar-refractivity contribution in [1.82, 2.24) is 10.2 Å². The molecule has 23 heavy (non-hydrogen) atoms. The Morgan fingerprint density at radius 1 is 1.17 bits per heavy atom. The third-order valence-corrected chi connectivity index (χ3v) is 5.67. The van der Waals surface area contributed by atoms with Gasteiger partial charge in [0.1, 0.15) is 0 Å². The Kier molecular flexibility index (Phi) is 7.82. The van der Waals surface area contributed by atoms with Crippen LogP contribution in [0.5, 0.6) is 0 Å². The van der Waals surface area contributed by atoms with Gasteiger partial charge in [-0.1, -0.05) is 33.1 Å². The highest BCUT2D eigenvalue weighted by Gasteiger charge is 2.29. The van der Waals surface area contributed by atoms with Crippen LogP contribution in [0.1, 0.15) is 58.8 Å². The molecule has 3 atom stereocenters. The van der Waals surface area contributed by atoms with E-state index >= 15 is 0 Å². The molecule has 1 aliphatic heterocycles. The van der Waals surface area contributed by atoms with Crippen LogP contribution in [0.2, 0.25) is 0 Å². The summed E-state index contributed by atoms with van der Waals surface area (Å²) in [5, 5.41) is 23.0. The van der Waals surface area contributed by atoms with Crippen molar-refractivity contribution in [3.63, 3.8) is 0 Å². The number of hydrogen-bond donors (Lipinski definition) is 2. The number of hydrogen-bond acceptors (Lipinski definition) is 4. The lowest BCUT2D eigenvalue weighted by atomic mass is 9.85. The minimum absolute atomic E-state index is 0.221. The lowest BCUT2D eigenvalue weighted by molar-refractivity contribution is 0.0645. The molecule has 3 unspecified atom stereocenters. The molecule has 0 aromatic rings. The van der Waals surface area contributed by atoms with Crippen molar-refractivity contribution in [2.24, 2.45) is 17.8 Å². The minimum Gasteiger partial charge on any atom is -0.393 e. The molecule has 1 saturated heterocycles. The van der Waals surface area contributed by atoms with E-state index in [2.05, 4.69) is 30.1 Å². The average molecular weight is 322 g/mol. The summed E-state index contributed by atoms with van der Waals surface area (Å²) in [5.74, 6) is 1.66. The van der Waals surface area contributed by atoms with Crippen LogP contribution >= 0.6 is 0 Å². The molecule has 0 aromatic heterocycles. The maximum Gasteiger partial charge on any atom is 0.0866 e. The molecule has 0 amide bonds. The van der Waals surface area contributed by atoms with Gasteiger partial charge in [0.05, 0.1) is 18.7 Å². The molecule has 4 nitrogen and oxygen atoms in total. The summed E-state index contributed by atoms with van der Waals surface area (Å²) in [6.45, 7) is 7.74. The molecular formula is C19H35N3O. The number of aliphatic hydroxyl groups is 1. The summed E-state index contributed by atoms with van der Waals surface area (Å²) in [7, 11) is 0. The smallest absolute Gasteiger partial charge is 0.0866 e. The number of nitrogens with one attached hydrogen (secondary N) is 1. The maximum atomic E-state index is 10.2. The van der Waals surface area contributed by atoms with Crippen LogP contribution < -0.4 is 5.32 Å². The summed E-state index contributed by atoms with van der Waals surface area (Å²) >= 11 is 0. The zero-order chi connectivity index (χ0) is 16.7. The molecule has 0 radical (unpaired) electrons. The summed E-state index contributed by atoms with van der Waals surface area (Å²) in [5.41, 5.74) is 0. The first-order chi connectivity index (χ1) is 11.1. The molecule has 4 heteroatoms. The van der Waals surface area contributed by atoms with Crippen molar-refractivity contribution in [3.05, 3.63) is 0 Å². The molecule has 0 spiro atoms. The SMILES string of the molecule is CC(C)C(O)CC1CC(NCC2CCCCC2)CN(CC#N)C1. The average Bonchev–Trinajstić information content (AvgIpc) is 2.54. The van der Waals surface area contributed by atoms with E-state index in [1.165, 1.54) is 32.1 Å². The van der Waals surface area contributed by atoms with Crippen LogP contribution in [0, 0.1) is 29.1 Å². The number of nitriles is 1. The highest BCUT2D eigenvalue weighted by Crippen LogP contribution is 2.26. The minimum atomic E-state index is -0.221. The van der Waals surface area contributed by atoms with Crippen LogP contribution in [0.15, 0.2) is 0 Å². The first-order valence-electron chi connectivity index (χ1n) is 9.59. The Balaban J connectivity index is 1.83. The van der Waals surface area contributed by atoms with Gasteiger partial charge in [-0.2, -0.15) is 5.26 Å². The zero-order valence-corrected chi connectivity index (χ0v) is 15.0. The van der Waals surface area contributed by atoms with Gasteiger partial charge in [0.15, 0.2) is 0 Å². The Morgan fingerprint density at radius 2 is 1.91 bits per heavy atom. The van der Waals surface area contributed by atoms with Crippen LogP contribution in [-0.4, -0.2) is 48.3 Å². The van der Waals surface area contributed by atoms with E-state index in [-0.39, 0.29) is 6.10 Å². The molecular weight excluding hydrogens is 286 g/mol. The van der Waals surface area contributed by atoms with E-state index in [1.54, 1.807) is 0 Å². The first-order valence-corrected chi connectivity index (χ1v) is 9.59. The molecule has 2 fully saturated rings. The Morgan fingerprint density at radius 3 is 2.57 bits per heavy atom. The number of nitrogens with zero attached hydrogens (tertiary/aromatic N) is 2. The van der Waals surface area contributed by atoms with Crippen molar-refractivity contribution in [2.75, 3.05) is 26.2 Å². The fourth-order valence-electron chi connectivity index (χ4n) is 4.19. The van der Waals surface area contributed by atoms with E-state index in [4.69, 9.17) is 5.26 Å². The monoisotopic (exact) mass is 321 g/mol. The molecule has 2 aliphatic rings. The molecule has 2 rings (SSSR count). The number of likely N-dealkylation sites (tertiary alicyclic amines) is 1. The van der Waals surface area contributed by atoms with Crippen molar-refractivity contribution < 1.29 is 5.11 Å². The summed E-state index contributed by atoms with van der Waals surface area (Å²) < 4.78 is 0. The number of piperidine rings is 1. The second kappa shape index (κ2) is 9.61. The van der Waals surface area contributed by atoms with E-state index < -0.39 is 0 Å². The van der Waals surface area contributed by atoms with Crippen LogP contribution in [0.25, 0.3) is 0 Å². The van der Waals surface area contributed by atoms with Crippen molar-refractivity contribution >= 4 is 0 Å². The van der Waals surface area contributed by atoms with E-state index in [1.807, 2.05) is 0 Å². The van der Waals surface area contributed by atoms with E-state index in [9.17, 15) is 5.11 Å². The van der Waals surface area contributed by atoms with Crippen LogP contribution in [-0.2, 0) is 0 Å². The fourth-order valence-corrected chi connectivity index (χ4v) is 4.19. The number of aliphatic hydroxyl groups excluding tert-OH is 1. The summed E-state index contributed by atoms with van der Waals surface area (Å²) in [6, 6.07) is 2.77. The van der Waals surface area contributed by atoms with E-state index in [0.717, 1.165) is 38.4 Å². The second-order valence-corrected chi connectivity index (χ2v) is 8.11. The van der Waals surface area contributed by atoms with Crippen LogP contribution in [0.3, 0.4) is 0 Å². The summed E-state index contributed by atoms with van der Waals surface area (Å²) in [4.78, 5) is 2.26. The molecule has 0 aromatic carbocycles. The van der Waals surface area contributed by atoms with Crippen LogP contribution in [0.4, 0.5) is 0 Å². The predicted octanol–water partition coefficient (Wildman–Crippen LogP) is 2.78. The third-order valence-electron chi connectivity index (χ3n) is 5.67. The largest absolute Gasteiger partial charge is 0.393 e. The van der Waals surface area contributed by atoms with Gasteiger partial charge in [0, 0.05) is 19.1 Å². The normalized spacial score (nSPS) is 28.7. The molecule has 1 aliphatic carbocycles. The lowest BCUT2D eigenvalue weighted by Gasteiger charge is -2.39. The second-order valence-electron chi connectivity index (χ2n) is 8.11. The maximum absolute atomic E-state index is 10.2. The van der Waals surface area contributed by atoms with Gasteiger partial charge >= 0.3 is 0 Å². The highest BCUT2D eigenvalue weighted by molar-refractivity contribution is 4.89. The van der Waals surface area contributed by atoms with Gasteiger partial charge in [0.2, 0.25) is 0 Å².